The van der Waals surface area contributed by atoms with Gasteiger partial charge in [0, 0.05) is 0 Å². The fourth-order valence-electron chi connectivity index (χ4n) is 1.95. The minimum absolute atomic E-state index is 0.119. The average molecular weight is 228 g/mol. The lowest BCUT2D eigenvalue weighted by atomic mass is 9.95. The lowest BCUT2D eigenvalue weighted by Crippen LogP contribution is -2.34. The maximum atomic E-state index is 13.3. The molecule has 4 heteroatoms. The molecule has 0 amide bonds. The van der Waals surface area contributed by atoms with Gasteiger partial charge in [-0.2, -0.15) is 4.39 Å². The van der Waals surface area contributed by atoms with Gasteiger partial charge in [0.05, 0.1) is 6.10 Å². The predicted molar refractivity (Wildman–Crippen MR) is 55.2 cm³/mol. The molecule has 1 aromatic rings. The third-order valence-corrected chi connectivity index (χ3v) is 2.86. The zero-order valence-electron chi connectivity index (χ0n) is 8.83. The van der Waals surface area contributed by atoms with Crippen LogP contribution in [0, 0.1) is 11.6 Å². The van der Waals surface area contributed by atoms with Gasteiger partial charge < -0.3 is 9.84 Å². The summed E-state index contributed by atoms with van der Waals surface area (Å²) in [5.41, 5.74) is 0. The Hall–Kier alpha value is -1.16. The number of rotatable bonds is 2. The van der Waals surface area contributed by atoms with Crippen LogP contribution in [0.25, 0.3) is 0 Å². The van der Waals surface area contributed by atoms with E-state index in [1.807, 2.05) is 0 Å². The van der Waals surface area contributed by atoms with Crippen molar-refractivity contribution >= 4 is 0 Å². The quantitative estimate of drug-likeness (QED) is 0.843. The second-order valence-electron chi connectivity index (χ2n) is 4.06. The first-order chi connectivity index (χ1) is 7.68. The molecule has 1 aliphatic carbocycles. The molecule has 0 saturated heterocycles. The maximum Gasteiger partial charge on any atom is 0.200 e. The fourth-order valence-corrected chi connectivity index (χ4v) is 1.95. The van der Waals surface area contributed by atoms with Gasteiger partial charge in [0.25, 0.3) is 0 Å². The van der Waals surface area contributed by atoms with Crippen molar-refractivity contribution in [1.29, 1.82) is 0 Å². The van der Waals surface area contributed by atoms with Gasteiger partial charge in [-0.05, 0) is 31.4 Å². The van der Waals surface area contributed by atoms with Gasteiger partial charge in [0.2, 0.25) is 5.82 Å². The Labute approximate surface area is 92.9 Å². The van der Waals surface area contributed by atoms with E-state index in [0.29, 0.717) is 12.8 Å². The monoisotopic (exact) mass is 228 g/mol. The van der Waals surface area contributed by atoms with Crippen LogP contribution in [-0.4, -0.2) is 17.3 Å². The summed E-state index contributed by atoms with van der Waals surface area (Å²) in [6, 6.07) is 3.81. The van der Waals surface area contributed by atoms with E-state index in [-0.39, 0.29) is 5.75 Å². The zero-order chi connectivity index (χ0) is 11.5. The summed E-state index contributed by atoms with van der Waals surface area (Å²) in [4.78, 5) is 0. The third kappa shape index (κ3) is 2.32. The minimum Gasteiger partial charge on any atom is -0.485 e. The summed E-state index contributed by atoms with van der Waals surface area (Å²) in [6.45, 7) is 0. The summed E-state index contributed by atoms with van der Waals surface area (Å²) in [5.74, 6) is -2.03. The Morgan fingerprint density at radius 1 is 1.19 bits per heavy atom. The van der Waals surface area contributed by atoms with Crippen LogP contribution in [0.1, 0.15) is 25.7 Å². The molecule has 0 spiro atoms. The molecule has 1 saturated carbocycles. The second-order valence-corrected chi connectivity index (χ2v) is 4.06. The molecule has 16 heavy (non-hydrogen) atoms. The normalized spacial score (nSPS) is 25.4. The standard InChI is InChI=1S/C12H14F2O2/c13-8-4-3-7-11(12(8)14)16-10-6-2-1-5-9(10)15/h3-4,7,9-10,15H,1-2,5-6H2/t9-,10-/m0/s1. The molecule has 1 fully saturated rings. The second kappa shape index (κ2) is 4.78. The van der Waals surface area contributed by atoms with Crippen molar-refractivity contribution in [3.8, 4) is 5.75 Å². The van der Waals surface area contributed by atoms with Crippen molar-refractivity contribution in [2.75, 3.05) is 0 Å². The van der Waals surface area contributed by atoms with Gasteiger partial charge in [-0.3, -0.25) is 0 Å². The number of ether oxygens (including phenoxy) is 1. The molecule has 2 rings (SSSR count). The Kier molecular flexibility index (Phi) is 3.39. The molecule has 1 N–H and O–H groups in total. The Morgan fingerprint density at radius 3 is 2.69 bits per heavy atom. The molecule has 0 bridgehead atoms. The molecule has 0 unspecified atom stereocenters. The molecular formula is C12H14F2O2. The Balaban J connectivity index is 2.10. The summed E-state index contributed by atoms with van der Waals surface area (Å²) in [6.07, 6.45) is 2.21. The number of aliphatic hydroxyl groups excluding tert-OH is 1. The first-order valence-electron chi connectivity index (χ1n) is 5.47. The van der Waals surface area contributed by atoms with E-state index in [4.69, 9.17) is 4.74 Å². The number of benzene rings is 1. The summed E-state index contributed by atoms with van der Waals surface area (Å²) in [5, 5.41) is 9.65. The van der Waals surface area contributed by atoms with Crippen LogP contribution in [0.3, 0.4) is 0 Å². The number of hydrogen-bond donors (Lipinski definition) is 1. The van der Waals surface area contributed by atoms with Crippen LogP contribution in [0.4, 0.5) is 8.78 Å². The van der Waals surface area contributed by atoms with Gasteiger partial charge in [0.15, 0.2) is 11.6 Å². The van der Waals surface area contributed by atoms with Crippen LogP contribution in [0.5, 0.6) is 5.75 Å². The highest BCUT2D eigenvalue weighted by Gasteiger charge is 2.25. The molecule has 0 radical (unpaired) electrons. The van der Waals surface area contributed by atoms with Gasteiger partial charge in [0.1, 0.15) is 6.10 Å². The van der Waals surface area contributed by atoms with E-state index in [1.54, 1.807) is 0 Å². The van der Waals surface area contributed by atoms with Crippen LogP contribution in [-0.2, 0) is 0 Å². The highest BCUT2D eigenvalue weighted by molar-refractivity contribution is 5.25. The van der Waals surface area contributed by atoms with E-state index in [9.17, 15) is 13.9 Å². The summed E-state index contributed by atoms with van der Waals surface area (Å²) < 4.78 is 31.5. The molecule has 0 aromatic heterocycles. The smallest absolute Gasteiger partial charge is 0.200 e. The van der Waals surface area contributed by atoms with Gasteiger partial charge in [-0.25, -0.2) is 4.39 Å². The Morgan fingerprint density at radius 2 is 1.94 bits per heavy atom. The molecule has 2 atom stereocenters. The molecule has 88 valence electrons. The highest BCUT2D eigenvalue weighted by atomic mass is 19.2. The lowest BCUT2D eigenvalue weighted by Gasteiger charge is -2.28. The van der Waals surface area contributed by atoms with E-state index >= 15 is 0 Å². The largest absolute Gasteiger partial charge is 0.485 e. The third-order valence-electron chi connectivity index (χ3n) is 2.86. The Bertz CT molecular complexity index is 368. The van der Waals surface area contributed by atoms with Crippen LogP contribution in [0.15, 0.2) is 18.2 Å². The number of halogens is 2. The molecule has 0 aliphatic heterocycles. The van der Waals surface area contributed by atoms with Crippen LogP contribution < -0.4 is 4.74 Å². The topological polar surface area (TPSA) is 29.5 Å². The maximum absolute atomic E-state index is 13.3. The van der Waals surface area contributed by atoms with Crippen molar-refractivity contribution in [3.63, 3.8) is 0 Å². The summed E-state index contributed by atoms with van der Waals surface area (Å²) >= 11 is 0. The fraction of sp³-hybridized carbons (Fsp3) is 0.500. The van der Waals surface area contributed by atoms with Gasteiger partial charge in [-0.1, -0.05) is 12.5 Å². The molecule has 0 heterocycles. The zero-order valence-corrected chi connectivity index (χ0v) is 8.83. The van der Waals surface area contributed by atoms with E-state index < -0.39 is 23.8 Å². The first kappa shape index (κ1) is 11.3. The van der Waals surface area contributed by atoms with E-state index in [1.165, 1.54) is 12.1 Å². The molecule has 2 nitrogen and oxygen atoms in total. The van der Waals surface area contributed by atoms with Crippen molar-refractivity contribution in [1.82, 2.24) is 0 Å². The minimum atomic E-state index is -0.986. The summed E-state index contributed by atoms with van der Waals surface area (Å²) in [7, 11) is 0. The number of aliphatic hydroxyl groups is 1. The average Bonchev–Trinajstić information content (AvgIpc) is 2.28. The van der Waals surface area contributed by atoms with Gasteiger partial charge in [-0.15, -0.1) is 0 Å². The van der Waals surface area contributed by atoms with E-state index in [0.717, 1.165) is 18.9 Å². The van der Waals surface area contributed by atoms with Crippen LogP contribution in [0.2, 0.25) is 0 Å². The highest BCUT2D eigenvalue weighted by Crippen LogP contribution is 2.26. The number of hydrogen-bond acceptors (Lipinski definition) is 2. The predicted octanol–water partition coefficient (Wildman–Crippen LogP) is 2.65. The van der Waals surface area contributed by atoms with Crippen molar-refractivity contribution in [3.05, 3.63) is 29.8 Å². The van der Waals surface area contributed by atoms with Crippen LogP contribution >= 0.6 is 0 Å². The molecular weight excluding hydrogens is 214 g/mol. The SMILES string of the molecule is O[C@H]1CCCC[C@@H]1Oc1cccc(F)c1F. The van der Waals surface area contributed by atoms with Crippen molar-refractivity contribution in [2.45, 2.75) is 37.9 Å². The van der Waals surface area contributed by atoms with E-state index in [2.05, 4.69) is 0 Å². The lowest BCUT2D eigenvalue weighted by molar-refractivity contribution is 0.00466. The van der Waals surface area contributed by atoms with Gasteiger partial charge >= 0.3 is 0 Å². The molecule has 1 aliphatic rings. The molecule has 1 aromatic carbocycles. The van der Waals surface area contributed by atoms with Crippen molar-refractivity contribution < 1.29 is 18.6 Å². The van der Waals surface area contributed by atoms with Crippen molar-refractivity contribution in [2.24, 2.45) is 0 Å². The first-order valence-corrected chi connectivity index (χ1v) is 5.47.